The highest BCUT2D eigenvalue weighted by Gasteiger charge is 2.06. The molecule has 0 saturated carbocycles. The number of pyridine rings is 1. The van der Waals surface area contributed by atoms with Crippen molar-refractivity contribution in [2.75, 3.05) is 7.05 Å². The summed E-state index contributed by atoms with van der Waals surface area (Å²) in [5.41, 5.74) is 2.07. The van der Waals surface area contributed by atoms with E-state index in [1.54, 1.807) is 11.3 Å². The molecule has 3 nitrogen and oxygen atoms in total. The van der Waals surface area contributed by atoms with Gasteiger partial charge in [0.05, 0.1) is 5.69 Å². The van der Waals surface area contributed by atoms with E-state index in [1.165, 1.54) is 9.75 Å². The van der Waals surface area contributed by atoms with Crippen LogP contribution in [0.1, 0.15) is 28.1 Å². The first-order valence-electron chi connectivity index (χ1n) is 6.54. The van der Waals surface area contributed by atoms with Gasteiger partial charge in [-0.15, -0.1) is 11.3 Å². The summed E-state index contributed by atoms with van der Waals surface area (Å²) in [7, 11) is 1.96. The van der Waals surface area contributed by atoms with Crippen LogP contribution in [0.3, 0.4) is 0 Å². The van der Waals surface area contributed by atoms with Crippen molar-refractivity contribution < 1.29 is 4.74 Å². The minimum atomic E-state index is 0.617. The summed E-state index contributed by atoms with van der Waals surface area (Å²) < 4.78 is 5.89. The molecule has 4 heteroatoms. The molecule has 0 aliphatic carbocycles. The van der Waals surface area contributed by atoms with Crippen LogP contribution in [0.4, 0.5) is 0 Å². The first kappa shape index (κ1) is 14.0. The van der Waals surface area contributed by atoms with E-state index < -0.39 is 0 Å². The number of nitrogens with one attached hydrogen (secondary N) is 1. The van der Waals surface area contributed by atoms with Gasteiger partial charge in [-0.05, 0) is 44.7 Å². The quantitative estimate of drug-likeness (QED) is 0.879. The molecule has 0 spiro atoms. The van der Waals surface area contributed by atoms with E-state index in [4.69, 9.17) is 4.74 Å². The summed E-state index contributed by atoms with van der Waals surface area (Å²) in [4.78, 5) is 7.08. The van der Waals surface area contributed by atoms with E-state index in [2.05, 4.69) is 29.4 Å². The first-order valence-corrected chi connectivity index (χ1v) is 7.36. The summed E-state index contributed by atoms with van der Waals surface area (Å²) in [6.45, 7) is 5.64. The van der Waals surface area contributed by atoms with E-state index >= 15 is 0 Å². The van der Waals surface area contributed by atoms with Gasteiger partial charge in [-0.2, -0.15) is 0 Å². The van der Waals surface area contributed by atoms with E-state index in [0.717, 1.165) is 30.1 Å². The third-order valence-electron chi connectivity index (χ3n) is 2.84. The van der Waals surface area contributed by atoms with Crippen LogP contribution in [-0.4, -0.2) is 12.0 Å². The Bertz CT molecular complexity index is 537. The standard InChI is InChI=1S/C15H20N2OS/c1-4-14-15(8-5-11(2)17-14)18-10-13-7-6-12(19-13)9-16-3/h5-8,16H,4,9-10H2,1-3H3. The molecule has 0 aliphatic heterocycles. The Labute approximate surface area is 118 Å². The van der Waals surface area contributed by atoms with Crippen LogP contribution in [0.25, 0.3) is 0 Å². The van der Waals surface area contributed by atoms with Crippen molar-refractivity contribution in [1.29, 1.82) is 0 Å². The third kappa shape index (κ3) is 3.78. The Balaban J connectivity index is 2.01. The van der Waals surface area contributed by atoms with Crippen LogP contribution in [0, 0.1) is 6.92 Å². The van der Waals surface area contributed by atoms with Crippen molar-refractivity contribution in [3.05, 3.63) is 45.4 Å². The van der Waals surface area contributed by atoms with Crippen molar-refractivity contribution in [3.8, 4) is 5.75 Å². The second kappa shape index (κ2) is 6.68. The fraction of sp³-hybridized carbons (Fsp3) is 0.400. The highest BCUT2D eigenvalue weighted by molar-refractivity contribution is 7.11. The number of hydrogen-bond donors (Lipinski definition) is 1. The fourth-order valence-corrected chi connectivity index (χ4v) is 2.84. The molecule has 0 amide bonds. The molecule has 102 valence electrons. The summed E-state index contributed by atoms with van der Waals surface area (Å²) in [5, 5.41) is 3.16. The van der Waals surface area contributed by atoms with Gasteiger partial charge in [-0.1, -0.05) is 6.92 Å². The Kier molecular flexibility index (Phi) is 4.93. The SMILES string of the molecule is CCc1nc(C)ccc1OCc1ccc(CNC)s1. The molecule has 0 aliphatic rings. The van der Waals surface area contributed by atoms with Crippen molar-refractivity contribution >= 4 is 11.3 Å². The molecule has 0 fully saturated rings. The lowest BCUT2D eigenvalue weighted by Crippen LogP contribution is -2.02. The average molecular weight is 276 g/mol. The lowest BCUT2D eigenvalue weighted by Gasteiger charge is -2.09. The zero-order chi connectivity index (χ0) is 13.7. The lowest BCUT2D eigenvalue weighted by molar-refractivity contribution is 0.305. The van der Waals surface area contributed by atoms with Gasteiger partial charge in [-0.25, -0.2) is 0 Å². The molecule has 1 N–H and O–H groups in total. The number of ether oxygens (including phenoxy) is 1. The zero-order valence-corrected chi connectivity index (χ0v) is 12.5. The minimum Gasteiger partial charge on any atom is -0.486 e. The van der Waals surface area contributed by atoms with Gasteiger partial charge in [0.15, 0.2) is 0 Å². The highest BCUT2D eigenvalue weighted by atomic mass is 32.1. The summed E-state index contributed by atoms with van der Waals surface area (Å²) in [5.74, 6) is 0.900. The summed E-state index contributed by atoms with van der Waals surface area (Å²) in [6, 6.07) is 8.29. The van der Waals surface area contributed by atoms with Crippen molar-refractivity contribution in [2.24, 2.45) is 0 Å². The van der Waals surface area contributed by atoms with Crippen LogP contribution in [0.2, 0.25) is 0 Å². The van der Waals surface area contributed by atoms with E-state index in [-0.39, 0.29) is 0 Å². The van der Waals surface area contributed by atoms with Crippen molar-refractivity contribution in [2.45, 2.75) is 33.4 Å². The molecular formula is C15H20N2OS. The molecule has 0 radical (unpaired) electrons. The second-order valence-electron chi connectivity index (χ2n) is 4.44. The largest absolute Gasteiger partial charge is 0.486 e. The monoisotopic (exact) mass is 276 g/mol. The van der Waals surface area contributed by atoms with Gasteiger partial charge >= 0.3 is 0 Å². The average Bonchev–Trinajstić information content (AvgIpc) is 2.85. The third-order valence-corrected chi connectivity index (χ3v) is 3.90. The molecular weight excluding hydrogens is 256 g/mol. The number of nitrogens with zero attached hydrogens (tertiary/aromatic N) is 1. The van der Waals surface area contributed by atoms with Crippen LogP contribution >= 0.6 is 11.3 Å². The number of aromatic nitrogens is 1. The molecule has 2 rings (SSSR count). The smallest absolute Gasteiger partial charge is 0.141 e. The predicted molar refractivity (Wildman–Crippen MR) is 79.8 cm³/mol. The molecule has 0 aromatic carbocycles. The maximum Gasteiger partial charge on any atom is 0.141 e. The van der Waals surface area contributed by atoms with E-state index in [0.29, 0.717) is 6.61 Å². The topological polar surface area (TPSA) is 34.1 Å². The Hall–Kier alpha value is -1.39. The van der Waals surface area contributed by atoms with E-state index in [9.17, 15) is 0 Å². The van der Waals surface area contributed by atoms with Gasteiger partial charge in [0.2, 0.25) is 0 Å². The number of hydrogen-bond acceptors (Lipinski definition) is 4. The van der Waals surface area contributed by atoms with Gasteiger partial charge in [-0.3, -0.25) is 4.98 Å². The van der Waals surface area contributed by atoms with Crippen LogP contribution in [-0.2, 0) is 19.6 Å². The molecule has 0 saturated heterocycles. The first-order chi connectivity index (χ1) is 9.22. The normalized spacial score (nSPS) is 10.7. The van der Waals surface area contributed by atoms with Crippen molar-refractivity contribution in [1.82, 2.24) is 10.3 Å². The minimum absolute atomic E-state index is 0.617. The highest BCUT2D eigenvalue weighted by Crippen LogP contribution is 2.22. The van der Waals surface area contributed by atoms with Crippen molar-refractivity contribution in [3.63, 3.8) is 0 Å². The Morgan fingerprint density at radius 2 is 2.00 bits per heavy atom. The molecule has 2 aromatic rings. The number of rotatable bonds is 6. The Morgan fingerprint density at radius 3 is 2.74 bits per heavy atom. The van der Waals surface area contributed by atoms with Gasteiger partial charge in [0.1, 0.15) is 12.4 Å². The fourth-order valence-electron chi connectivity index (χ4n) is 1.90. The van der Waals surface area contributed by atoms with Crippen LogP contribution in [0.15, 0.2) is 24.3 Å². The maximum atomic E-state index is 5.89. The number of thiophene rings is 1. The van der Waals surface area contributed by atoms with Crippen LogP contribution < -0.4 is 10.1 Å². The predicted octanol–water partition coefficient (Wildman–Crippen LogP) is 3.31. The molecule has 0 unspecified atom stereocenters. The molecule has 2 aromatic heterocycles. The van der Waals surface area contributed by atoms with Gasteiger partial charge in [0.25, 0.3) is 0 Å². The van der Waals surface area contributed by atoms with E-state index in [1.807, 2.05) is 26.1 Å². The zero-order valence-electron chi connectivity index (χ0n) is 11.7. The Morgan fingerprint density at radius 1 is 1.21 bits per heavy atom. The van der Waals surface area contributed by atoms with Crippen LogP contribution in [0.5, 0.6) is 5.75 Å². The van der Waals surface area contributed by atoms with Gasteiger partial charge in [0, 0.05) is 22.0 Å². The molecule has 0 atom stereocenters. The summed E-state index contributed by atoms with van der Waals surface area (Å²) in [6.07, 6.45) is 0.895. The molecule has 19 heavy (non-hydrogen) atoms. The summed E-state index contributed by atoms with van der Waals surface area (Å²) >= 11 is 1.79. The molecule has 2 heterocycles. The maximum absolute atomic E-state index is 5.89. The van der Waals surface area contributed by atoms with Gasteiger partial charge < -0.3 is 10.1 Å². The molecule has 0 bridgehead atoms. The number of aryl methyl sites for hydroxylation is 2. The lowest BCUT2D eigenvalue weighted by atomic mass is 10.2. The second-order valence-corrected chi connectivity index (χ2v) is 5.69.